The Morgan fingerprint density at radius 2 is 1.84 bits per heavy atom. The highest BCUT2D eigenvalue weighted by atomic mass is 31.1. The van der Waals surface area contributed by atoms with Crippen LogP contribution in [0.3, 0.4) is 0 Å². The lowest BCUT2D eigenvalue weighted by atomic mass is 9.78. The highest BCUT2D eigenvalue weighted by Gasteiger charge is 2.51. The van der Waals surface area contributed by atoms with Gasteiger partial charge in [0.15, 0.2) is 0 Å². The van der Waals surface area contributed by atoms with Crippen LogP contribution in [0.5, 0.6) is 0 Å². The van der Waals surface area contributed by atoms with Crippen LogP contribution in [0, 0.1) is 0 Å². The summed E-state index contributed by atoms with van der Waals surface area (Å²) in [5, 5.41) is 2.27. The molecule has 2 heterocycles. The number of aromatic amines is 1. The van der Waals surface area contributed by atoms with Gasteiger partial charge in [-0.3, -0.25) is 0 Å². The van der Waals surface area contributed by atoms with Crippen LogP contribution in [0.15, 0.2) is 42.7 Å². The zero-order valence-electron chi connectivity index (χ0n) is 15.0. The predicted molar refractivity (Wildman–Crippen MR) is 107 cm³/mol. The van der Waals surface area contributed by atoms with Crippen LogP contribution in [0.1, 0.15) is 27.7 Å². The van der Waals surface area contributed by atoms with E-state index in [-0.39, 0.29) is 18.3 Å². The number of benzene rings is 2. The molecule has 4 rings (SSSR count). The van der Waals surface area contributed by atoms with Crippen LogP contribution in [-0.4, -0.2) is 28.3 Å². The van der Waals surface area contributed by atoms with E-state index in [4.69, 9.17) is 14.3 Å². The summed E-state index contributed by atoms with van der Waals surface area (Å²) in [6, 6.07) is 10.5. The van der Waals surface area contributed by atoms with Gasteiger partial charge < -0.3 is 14.3 Å². The summed E-state index contributed by atoms with van der Waals surface area (Å²) in [4.78, 5) is 8.09. The lowest BCUT2D eigenvalue weighted by molar-refractivity contribution is 0.00578. The van der Waals surface area contributed by atoms with Gasteiger partial charge in [-0.1, -0.05) is 36.7 Å². The molecule has 25 heavy (non-hydrogen) atoms. The SMILES string of the molecule is C=CPc1nc2c(ccc3cc(B4OC(C)(C)C(C)(C)O4)ccc32)[nH]1. The summed E-state index contributed by atoms with van der Waals surface area (Å²) >= 11 is 0. The fraction of sp³-hybridized carbons (Fsp3) is 0.316. The van der Waals surface area contributed by atoms with E-state index in [0.29, 0.717) is 8.58 Å². The molecule has 0 amide bonds. The molecule has 0 aliphatic carbocycles. The third-order valence-corrected chi connectivity index (χ3v) is 5.97. The average molecular weight is 352 g/mol. The second kappa shape index (κ2) is 5.67. The van der Waals surface area contributed by atoms with E-state index in [9.17, 15) is 0 Å². The number of fused-ring (bicyclic) bond motifs is 3. The fourth-order valence-corrected chi connectivity index (χ4v) is 3.69. The van der Waals surface area contributed by atoms with E-state index in [0.717, 1.165) is 32.8 Å². The molecule has 1 unspecified atom stereocenters. The van der Waals surface area contributed by atoms with Crippen LogP contribution in [-0.2, 0) is 9.31 Å². The Balaban J connectivity index is 1.76. The van der Waals surface area contributed by atoms with Crippen molar-refractivity contribution in [2.75, 3.05) is 0 Å². The molecule has 128 valence electrons. The van der Waals surface area contributed by atoms with Crippen LogP contribution in [0.2, 0.25) is 0 Å². The Hall–Kier alpha value is -1.68. The van der Waals surface area contributed by atoms with Crippen molar-refractivity contribution >= 4 is 48.5 Å². The smallest absolute Gasteiger partial charge is 0.399 e. The largest absolute Gasteiger partial charge is 0.494 e. The minimum absolute atomic E-state index is 0.334. The summed E-state index contributed by atoms with van der Waals surface area (Å²) < 4.78 is 12.3. The molecule has 2 aromatic carbocycles. The maximum atomic E-state index is 6.17. The van der Waals surface area contributed by atoms with Gasteiger partial charge in [-0.2, -0.15) is 0 Å². The van der Waals surface area contributed by atoms with E-state index in [1.807, 2.05) is 5.82 Å². The number of H-pyrrole nitrogens is 1. The van der Waals surface area contributed by atoms with E-state index in [2.05, 4.69) is 69.6 Å². The van der Waals surface area contributed by atoms with E-state index < -0.39 is 0 Å². The van der Waals surface area contributed by atoms with Crippen molar-refractivity contribution in [2.24, 2.45) is 0 Å². The van der Waals surface area contributed by atoms with Gasteiger partial charge in [-0.05, 0) is 53.2 Å². The molecule has 0 spiro atoms. The molecule has 0 radical (unpaired) electrons. The summed E-state index contributed by atoms with van der Waals surface area (Å²) in [5.41, 5.74) is 3.39. The van der Waals surface area contributed by atoms with Gasteiger partial charge in [0.1, 0.15) is 5.57 Å². The number of nitrogens with zero attached hydrogens (tertiary/aromatic N) is 1. The molecular formula is C19H22BN2O2P. The normalized spacial score (nSPS) is 19.4. The molecule has 4 nitrogen and oxygen atoms in total. The summed E-state index contributed by atoms with van der Waals surface area (Å²) in [7, 11) is 0.142. The maximum Gasteiger partial charge on any atom is 0.494 e. The first kappa shape index (κ1) is 16.8. The Labute approximate surface area is 149 Å². The van der Waals surface area contributed by atoms with Crippen LogP contribution < -0.4 is 11.0 Å². The van der Waals surface area contributed by atoms with Gasteiger partial charge >= 0.3 is 7.12 Å². The zero-order chi connectivity index (χ0) is 17.8. The number of hydrogen-bond acceptors (Lipinski definition) is 3. The Bertz CT molecular complexity index is 964. The molecule has 0 saturated carbocycles. The van der Waals surface area contributed by atoms with Crippen molar-refractivity contribution in [1.82, 2.24) is 9.97 Å². The quantitative estimate of drug-likeness (QED) is 0.580. The van der Waals surface area contributed by atoms with Gasteiger partial charge in [-0.25, -0.2) is 4.98 Å². The Morgan fingerprint density at radius 1 is 1.12 bits per heavy atom. The van der Waals surface area contributed by atoms with E-state index in [1.54, 1.807) is 0 Å². The lowest BCUT2D eigenvalue weighted by Gasteiger charge is -2.32. The second-order valence-corrected chi connectivity index (χ2v) is 8.63. The molecule has 1 N–H and O–H groups in total. The number of hydrogen-bond donors (Lipinski definition) is 1. The van der Waals surface area contributed by atoms with Crippen molar-refractivity contribution in [3.63, 3.8) is 0 Å². The minimum atomic E-state index is -0.345. The van der Waals surface area contributed by atoms with Crippen LogP contribution >= 0.6 is 8.58 Å². The van der Waals surface area contributed by atoms with Gasteiger partial charge in [0, 0.05) is 5.39 Å². The molecule has 1 atom stereocenters. The van der Waals surface area contributed by atoms with Gasteiger partial charge in [0.05, 0.1) is 22.2 Å². The van der Waals surface area contributed by atoms with Gasteiger partial charge in [0.2, 0.25) is 0 Å². The monoisotopic (exact) mass is 352 g/mol. The minimum Gasteiger partial charge on any atom is -0.399 e. The predicted octanol–water partition coefficient (Wildman–Crippen LogP) is 3.46. The zero-order valence-corrected chi connectivity index (χ0v) is 16.0. The molecule has 1 fully saturated rings. The molecule has 1 saturated heterocycles. The van der Waals surface area contributed by atoms with Crippen molar-refractivity contribution in [3.8, 4) is 0 Å². The number of nitrogens with one attached hydrogen (secondary N) is 1. The summed E-state index contributed by atoms with van der Waals surface area (Å²) in [5.74, 6) is 1.89. The Morgan fingerprint density at radius 3 is 2.52 bits per heavy atom. The highest BCUT2D eigenvalue weighted by Crippen LogP contribution is 2.36. The molecule has 1 aliphatic heterocycles. The average Bonchev–Trinajstić information content (AvgIpc) is 3.05. The summed E-state index contributed by atoms with van der Waals surface area (Å²) in [6.07, 6.45) is 0. The van der Waals surface area contributed by atoms with Crippen molar-refractivity contribution in [3.05, 3.63) is 42.7 Å². The fourth-order valence-electron chi connectivity index (χ4n) is 3.11. The van der Waals surface area contributed by atoms with Crippen molar-refractivity contribution < 1.29 is 9.31 Å². The van der Waals surface area contributed by atoms with Crippen molar-refractivity contribution in [2.45, 2.75) is 38.9 Å². The molecule has 1 aromatic heterocycles. The number of rotatable bonds is 3. The van der Waals surface area contributed by atoms with Gasteiger partial charge in [-0.15, -0.1) is 0 Å². The number of aromatic nitrogens is 2. The topological polar surface area (TPSA) is 47.1 Å². The van der Waals surface area contributed by atoms with Crippen LogP contribution in [0.4, 0.5) is 0 Å². The lowest BCUT2D eigenvalue weighted by Crippen LogP contribution is -2.41. The standard InChI is InChI=1S/C19H22BN2O2P/c1-6-25-17-21-15-10-7-12-11-13(8-9-14(12)16(15)22-17)20-23-18(2,3)19(4,5)24-20/h6-11,25H,1H2,2-5H3,(H,21,22). The first-order valence-corrected chi connectivity index (χ1v) is 9.54. The molecule has 1 aliphatic rings. The molecule has 6 heteroatoms. The first-order chi connectivity index (χ1) is 11.8. The maximum absolute atomic E-state index is 6.17. The van der Waals surface area contributed by atoms with Crippen LogP contribution in [0.25, 0.3) is 21.8 Å². The summed E-state index contributed by atoms with van der Waals surface area (Å²) in [6.45, 7) is 12.1. The molecular weight excluding hydrogens is 330 g/mol. The first-order valence-electron chi connectivity index (χ1n) is 8.46. The Kier molecular flexibility index (Phi) is 3.80. The molecule has 0 bridgehead atoms. The molecule has 3 aromatic rings. The third kappa shape index (κ3) is 2.71. The third-order valence-electron chi connectivity index (χ3n) is 5.26. The van der Waals surface area contributed by atoms with E-state index >= 15 is 0 Å². The van der Waals surface area contributed by atoms with E-state index in [1.165, 1.54) is 0 Å². The highest BCUT2D eigenvalue weighted by molar-refractivity contribution is 7.49. The van der Waals surface area contributed by atoms with Gasteiger partial charge in [0.25, 0.3) is 0 Å². The van der Waals surface area contributed by atoms with Crippen molar-refractivity contribution in [1.29, 1.82) is 0 Å². The second-order valence-electron chi connectivity index (χ2n) is 7.46. The number of imidazole rings is 1.